The molecule has 1 heterocycles. The van der Waals surface area contributed by atoms with Gasteiger partial charge in [0, 0.05) is 30.3 Å². The summed E-state index contributed by atoms with van der Waals surface area (Å²) in [5.74, 6) is -0.970. The van der Waals surface area contributed by atoms with Crippen molar-refractivity contribution in [3.8, 4) is 11.5 Å². The smallest absolute Gasteiger partial charge is 0.490 e. The standard InChI is InChI=1S/C18H18N4O2.C2HF3O2/c23-15-7-3-1-5-13(15)10-19-17-9-18(22-12-21-17)20-11-14-6-2-4-8-16(14)24;3-2(4,5)1(6)7/h1-9,12,23-24H,10-11H2,(H2,19,20,21,22);(H,6,7). The van der Waals surface area contributed by atoms with Gasteiger partial charge >= 0.3 is 12.1 Å². The van der Waals surface area contributed by atoms with Gasteiger partial charge in [-0.2, -0.15) is 13.2 Å². The van der Waals surface area contributed by atoms with Gasteiger partial charge in [0.05, 0.1) is 0 Å². The maximum atomic E-state index is 10.6. The molecule has 0 saturated heterocycles. The van der Waals surface area contributed by atoms with Gasteiger partial charge in [-0.25, -0.2) is 14.8 Å². The molecule has 0 aliphatic carbocycles. The molecule has 1 aromatic heterocycles. The minimum absolute atomic E-state index is 0.247. The molecule has 0 atom stereocenters. The molecule has 0 unspecified atom stereocenters. The van der Waals surface area contributed by atoms with E-state index in [0.29, 0.717) is 24.7 Å². The molecule has 5 N–H and O–H groups in total. The number of nitrogens with zero attached hydrogens (tertiary/aromatic N) is 2. The summed E-state index contributed by atoms with van der Waals surface area (Å²) in [5, 5.41) is 33.0. The van der Waals surface area contributed by atoms with Gasteiger partial charge in [-0.3, -0.25) is 0 Å². The Hall–Kier alpha value is -4.02. The van der Waals surface area contributed by atoms with E-state index in [0.717, 1.165) is 11.1 Å². The average molecular weight is 436 g/mol. The maximum absolute atomic E-state index is 10.6. The lowest BCUT2D eigenvalue weighted by Crippen LogP contribution is -2.21. The number of aromatic hydroxyl groups is 2. The molecule has 3 rings (SSSR count). The van der Waals surface area contributed by atoms with Crippen molar-refractivity contribution in [3.63, 3.8) is 0 Å². The van der Waals surface area contributed by atoms with Crippen LogP contribution in [0.3, 0.4) is 0 Å². The molecule has 0 bridgehead atoms. The van der Waals surface area contributed by atoms with E-state index in [4.69, 9.17) is 9.90 Å². The fraction of sp³-hybridized carbons (Fsp3) is 0.150. The fourth-order valence-electron chi connectivity index (χ4n) is 2.24. The molecular formula is C20H19F3N4O4. The van der Waals surface area contributed by atoms with Crippen molar-refractivity contribution < 1.29 is 33.3 Å². The summed E-state index contributed by atoms with van der Waals surface area (Å²) in [6.45, 7) is 0.922. The predicted octanol–water partition coefficient (Wildman–Crippen LogP) is 3.75. The molecule has 3 aromatic rings. The van der Waals surface area contributed by atoms with Crippen LogP contribution < -0.4 is 10.6 Å². The Morgan fingerprint density at radius 2 is 1.23 bits per heavy atom. The highest BCUT2D eigenvalue weighted by Gasteiger charge is 2.38. The number of aliphatic carboxylic acids is 1. The Morgan fingerprint density at radius 3 is 1.58 bits per heavy atom. The summed E-state index contributed by atoms with van der Waals surface area (Å²) in [6, 6.07) is 16.1. The number of hydrogen-bond donors (Lipinski definition) is 5. The molecule has 0 spiro atoms. The molecule has 2 aromatic carbocycles. The van der Waals surface area contributed by atoms with E-state index in [2.05, 4.69) is 20.6 Å². The molecule has 164 valence electrons. The van der Waals surface area contributed by atoms with Crippen LogP contribution >= 0.6 is 0 Å². The summed E-state index contributed by atoms with van der Waals surface area (Å²) < 4.78 is 31.7. The molecule has 0 aliphatic rings. The summed E-state index contributed by atoms with van der Waals surface area (Å²) >= 11 is 0. The van der Waals surface area contributed by atoms with E-state index in [-0.39, 0.29) is 11.5 Å². The molecule has 0 saturated carbocycles. The monoisotopic (exact) mass is 436 g/mol. The van der Waals surface area contributed by atoms with Crippen LogP contribution in [0.5, 0.6) is 11.5 Å². The largest absolute Gasteiger partial charge is 0.508 e. The van der Waals surface area contributed by atoms with E-state index < -0.39 is 12.1 Å². The first kappa shape index (κ1) is 23.3. The normalized spacial score (nSPS) is 10.5. The number of nitrogens with one attached hydrogen (secondary N) is 2. The minimum atomic E-state index is -5.08. The molecule has 0 fully saturated rings. The van der Waals surface area contributed by atoms with Gasteiger partial charge in [-0.15, -0.1) is 0 Å². The third-order valence-electron chi connectivity index (χ3n) is 3.81. The first-order valence-corrected chi connectivity index (χ1v) is 8.80. The Labute approximate surface area is 175 Å². The Balaban J connectivity index is 0.000000423. The molecule has 8 nitrogen and oxygen atoms in total. The number of carbonyl (C=O) groups is 1. The number of para-hydroxylation sites is 2. The van der Waals surface area contributed by atoms with Gasteiger partial charge in [0.25, 0.3) is 0 Å². The molecule has 0 aliphatic heterocycles. The van der Waals surface area contributed by atoms with Gasteiger partial charge in [-0.1, -0.05) is 36.4 Å². The number of carboxylic acids is 1. The molecule has 0 radical (unpaired) electrons. The third kappa shape index (κ3) is 7.72. The van der Waals surface area contributed by atoms with Gasteiger partial charge < -0.3 is 26.0 Å². The molecule has 11 heteroatoms. The Morgan fingerprint density at radius 1 is 0.839 bits per heavy atom. The van der Waals surface area contributed by atoms with Crippen molar-refractivity contribution >= 4 is 17.6 Å². The van der Waals surface area contributed by atoms with E-state index in [1.807, 2.05) is 24.3 Å². The van der Waals surface area contributed by atoms with Crippen molar-refractivity contribution in [2.45, 2.75) is 19.3 Å². The second kappa shape index (κ2) is 10.7. The van der Waals surface area contributed by atoms with E-state index in [9.17, 15) is 23.4 Å². The predicted molar refractivity (Wildman–Crippen MR) is 107 cm³/mol. The average Bonchev–Trinajstić information content (AvgIpc) is 2.73. The maximum Gasteiger partial charge on any atom is 0.490 e. The summed E-state index contributed by atoms with van der Waals surface area (Å²) in [5.41, 5.74) is 1.58. The zero-order valence-electron chi connectivity index (χ0n) is 16.0. The summed E-state index contributed by atoms with van der Waals surface area (Å²) in [7, 11) is 0. The number of benzene rings is 2. The van der Waals surface area contributed by atoms with Gasteiger partial charge in [0.2, 0.25) is 0 Å². The van der Waals surface area contributed by atoms with Crippen LogP contribution in [0.25, 0.3) is 0 Å². The minimum Gasteiger partial charge on any atom is -0.508 e. The van der Waals surface area contributed by atoms with Gasteiger partial charge in [-0.05, 0) is 12.1 Å². The SMILES string of the molecule is O=C(O)C(F)(F)F.Oc1ccccc1CNc1cc(NCc2ccccc2O)ncn1. The lowest BCUT2D eigenvalue weighted by Gasteiger charge is -2.10. The number of hydrogen-bond acceptors (Lipinski definition) is 7. The van der Waals surface area contributed by atoms with E-state index >= 15 is 0 Å². The van der Waals surface area contributed by atoms with Crippen LogP contribution in [0.1, 0.15) is 11.1 Å². The van der Waals surface area contributed by atoms with E-state index in [1.165, 1.54) is 6.33 Å². The van der Waals surface area contributed by atoms with Gasteiger partial charge in [0.1, 0.15) is 29.5 Å². The highest BCUT2D eigenvalue weighted by molar-refractivity contribution is 5.73. The number of carboxylic acid groups (broad SMARTS) is 1. The number of rotatable bonds is 6. The first-order chi connectivity index (χ1) is 14.7. The van der Waals surface area contributed by atoms with Crippen LogP contribution in [0.2, 0.25) is 0 Å². The number of halogens is 3. The van der Waals surface area contributed by atoms with Crippen molar-refractivity contribution in [1.82, 2.24) is 9.97 Å². The second-order valence-electron chi connectivity index (χ2n) is 6.06. The number of phenolic OH excluding ortho intramolecular Hbond substituents is 2. The molecule has 31 heavy (non-hydrogen) atoms. The summed E-state index contributed by atoms with van der Waals surface area (Å²) in [4.78, 5) is 17.2. The number of alkyl halides is 3. The van der Waals surface area contributed by atoms with Crippen molar-refractivity contribution in [2.75, 3.05) is 10.6 Å². The van der Waals surface area contributed by atoms with Gasteiger partial charge in [0.15, 0.2) is 0 Å². The number of aromatic nitrogens is 2. The lowest BCUT2D eigenvalue weighted by atomic mass is 10.2. The number of phenols is 2. The zero-order valence-corrected chi connectivity index (χ0v) is 16.0. The zero-order chi connectivity index (χ0) is 22.9. The van der Waals surface area contributed by atoms with Crippen molar-refractivity contribution in [1.29, 1.82) is 0 Å². The molecular weight excluding hydrogens is 417 g/mol. The van der Waals surface area contributed by atoms with Crippen LogP contribution in [-0.2, 0) is 17.9 Å². The highest BCUT2D eigenvalue weighted by atomic mass is 19.4. The van der Waals surface area contributed by atoms with Crippen LogP contribution in [-0.4, -0.2) is 37.4 Å². The first-order valence-electron chi connectivity index (χ1n) is 8.80. The van der Waals surface area contributed by atoms with Crippen molar-refractivity contribution in [2.24, 2.45) is 0 Å². The topological polar surface area (TPSA) is 128 Å². The van der Waals surface area contributed by atoms with Crippen LogP contribution in [0, 0.1) is 0 Å². The lowest BCUT2D eigenvalue weighted by molar-refractivity contribution is -0.192. The second-order valence-corrected chi connectivity index (χ2v) is 6.06. The van der Waals surface area contributed by atoms with Crippen LogP contribution in [0.15, 0.2) is 60.9 Å². The molecule has 0 amide bonds. The third-order valence-corrected chi connectivity index (χ3v) is 3.81. The summed E-state index contributed by atoms with van der Waals surface area (Å²) in [6.07, 6.45) is -3.62. The quantitative estimate of drug-likeness (QED) is 0.395. The number of anilines is 2. The fourth-order valence-corrected chi connectivity index (χ4v) is 2.24. The Bertz CT molecular complexity index is 951. The van der Waals surface area contributed by atoms with E-state index in [1.54, 1.807) is 30.3 Å². The van der Waals surface area contributed by atoms with Crippen LogP contribution in [0.4, 0.5) is 24.8 Å². The highest BCUT2D eigenvalue weighted by Crippen LogP contribution is 2.19. The Kier molecular flexibility index (Phi) is 8.01. The van der Waals surface area contributed by atoms with Crippen molar-refractivity contribution in [3.05, 3.63) is 72.1 Å².